The van der Waals surface area contributed by atoms with Crippen LogP contribution in [0.1, 0.15) is 69.9 Å². The fraction of sp³-hybridized carbons (Fsp3) is 0.700. The van der Waals surface area contributed by atoms with Crippen molar-refractivity contribution in [2.24, 2.45) is 11.8 Å². The Hall–Kier alpha value is -2.65. The number of amides is 3. The van der Waals surface area contributed by atoms with E-state index in [1.54, 1.807) is 7.05 Å². The molecule has 9 heteroatoms. The van der Waals surface area contributed by atoms with Gasteiger partial charge < -0.3 is 25.6 Å². The van der Waals surface area contributed by atoms with Gasteiger partial charge in [0.2, 0.25) is 17.7 Å². The van der Waals surface area contributed by atoms with Gasteiger partial charge in [0.05, 0.1) is 18.7 Å². The quantitative estimate of drug-likeness (QED) is 0.492. The minimum absolute atomic E-state index is 0.0914. The Morgan fingerprint density at radius 2 is 1.82 bits per heavy atom. The first-order valence-corrected chi connectivity index (χ1v) is 15.0. The molecule has 0 spiro atoms. The summed E-state index contributed by atoms with van der Waals surface area (Å²) >= 11 is 0. The Morgan fingerprint density at radius 1 is 1.03 bits per heavy atom. The third-order valence-electron chi connectivity index (χ3n) is 9.89. The number of fused-ring (bicyclic) bond motifs is 4. The highest BCUT2D eigenvalue weighted by Crippen LogP contribution is 2.49. The van der Waals surface area contributed by atoms with E-state index >= 15 is 0 Å². The average Bonchev–Trinajstić information content (AvgIpc) is 3.65. The van der Waals surface area contributed by atoms with Gasteiger partial charge in [-0.15, -0.1) is 0 Å². The molecule has 3 amide bonds. The number of hydrogen-bond donors (Lipinski definition) is 3. The van der Waals surface area contributed by atoms with Gasteiger partial charge in [0.1, 0.15) is 17.8 Å². The summed E-state index contributed by atoms with van der Waals surface area (Å²) in [6.07, 6.45) is 8.14. The first kappa shape index (κ1) is 26.6. The van der Waals surface area contributed by atoms with Gasteiger partial charge in [0.25, 0.3) is 0 Å². The second-order valence-electron chi connectivity index (χ2n) is 12.3. The van der Waals surface area contributed by atoms with E-state index in [0.29, 0.717) is 44.1 Å². The van der Waals surface area contributed by atoms with E-state index in [9.17, 15) is 14.4 Å². The molecule has 2 unspecified atom stereocenters. The van der Waals surface area contributed by atoms with Gasteiger partial charge in [-0.25, -0.2) is 0 Å². The summed E-state index contributed by atoms with van der Waals surface area (Å²) in [5, 5.41) is 9.39. The van der Waals surface area contributed by atoms with Crippen LogP contribution >= 0.6 is 0 Å². The molecule has 2 saturated carbocycles. The molecule has 0 aromatic heterocycles. The number of ether oxygens (including phenoxy) is 1. The Labute approximate surface area is 231 Å². The number of rotatable bonds is 7. The maximum atomic E-state index is 14.4. The zero-order valence-electron chi connectivity index (χ0n) is 23.2. The van der Waals surface area contributed by atoms with Gasteiger partial charge in [-0.05, 0) is 57.6 Å². The SMILES string of the molecule is CN[C@@H](C)C(=O)N[C@H](C(=O)N1C[C@H]2CC3CC3N2C[C@H]1C(=O)N[C@@H]1CCOc2ccccc21)C1CCCCC1. The second kappa shape index (κ2) is 11.1. The molecule has 6 rings (SSSR count). The second-order valence-corrected chi connectivity index (χ2v) is 12.3. The summed E-state index contributed by atoms with van der Waals surface area (Å²) < 4.78 is 5.81. The van der Waals surface area contributed by atoms with Crippen molar-refractivity contribution < 1.29 is 19.1 Å². The predicted octanol–water partition coefficient (Wildman–Crippen LogP) is 1.97. The molecule has 4 fully saturated rings. The number of hydrogen-bond acceptors (Lipinski definition) is 6. The monoisotopic (exact) mass is 537 g/mol. The van der Waals surface area contributed by atoms with E-state index in [1.807, 2.05) is 36.1 Å². The summed E-state index contributed by atoms with van der Waals surface area (Å²) in [4.78, 5) is 45.7. The van der Waals surface area contributed by atoms with Gasteiger partial charge in [-0.3, -0.25) is 19.3 Å². The highest BCUT2D eigenvalue weighted by atomic mass is 16.5. The minimum atomic E-state index is -0.602. The zero-order chi connectivity index (χ0) is 27.1. The van der Waals surface area contributed by atoms with Crippen molar-refractivity contribution in [3.63, 3.8) is 0 Å². The van der Waals surface area contributed by atoms with E-state index < -0.39 is 18.1 Å². The molecule has 0 bridgehead atoms. The van der Waals surface area contributed by atoms with Crippen LogP contribution in [0.4, 0.5) is 0 Å². The Bertz CT molecular complexity index is 1090. The largest absolute Gasteiger partial charge is 0.493 e. The van der Waals surface area contributed by atoms with Crippen LogP contribution in [-0.4, -0.2) is 84.5 Å². The lowest BCUT2D eigenvalue weighted by Gasteiger charge is -2.46. The summed E-state index contributed by atoms with van der Waals surface area (Å²) in [6.45, 7) is 3.47. The maximum Gasteiger partial charge on any atom is 0.246 e. The number of nitrogens with one attached hydrogen (secondary N) is 3. The molecule has 2 aliphatic carbocycles. The van der Waals surface area contributed by atoms with Gasteiger partial charge in [0.15, 0.2) is 0 Å². The smallest absolute Gasteiger partial charge is 0.246 e. The van der Waals surface area contributed by atoms with Crippen molar-refractivity contribution in [2.75, 3.05) is 26.7 Å². The van der Waals surface area contributed by atoms with E-state index in [1.165, 1.54) is 12.8 Å². The molecule has 9 nitrogen and oxygen atoms in total. The molecule has 3 N–H and O–H groups in total. The molecule has 7 atom stereocenters. The third kappa shape index (κ3) is 5.27. The van der Waals surface area contributed by atoms with Crippen molar-refractivity contribution in [1.82, 2.24) is 25.8 Å². The third-order valence-corrected chi connectivity index (χ3v) is 9.89. The maximum absolute atomic E-state index is 14.4. The summed E-state index contributed by atoms with van der Waals surface area (Å²) in [5.74, 6) is 1.24. The van der Waals surface area contributed by atoms with Crippen molar-refractivity contribution in [3.8, 4) is 5.75 Å². The van der Waals surface area contributed by atoms with Crippen molar-refractivity contribution in [2.45, 2.75) is 94.5 Å². The van der Waals surface area contributed by atoms with Crippen LogP contribution in [0.3, 0.4) is 0 Å². The van der Waals surface area contributed by atoms with Crippen molar-refractivity contribution >= 4 is 17.7 Å². The van der Waals surface area contributed by atoms with E-state index in [2.05, 4.69) is 20.9 Å². The van der Waals surface area contributed by atoms with Crippen molar-refractivity contribution in [3.05, 3.63) is 29.8 Å². The van der Waals surface area contributed by atoms with E-state index in [4.69, 9.17) is 4.74 Å². The van der Waals surface area contributed by atoms with Gasteiger partial charge in [0, 0.05) is 37.2 Å². The van der Waals surface area contributed by atoms with Crippen molar-refractivity contribution in [1.29, 1.82) is 0 Å². The number of para-hydroxylation sites is 1. The molecule has 0 radical (unpaired) electrons. The average molecular weight is 538 g/mol. The lowest BCUT2D eigenvalue weighted by atomic mass is 9.82. The molecular weight excluding hydrogens is 494 g/mol. The lowest BCUT2D eigenvalue weighted by Crippen LogP contribution is -2.67. The molecule has 3 heterocycles. The minimum Gasteiger partial charge on any atom is -0.493 e. The van der Waals surface area contributed by atoms with Crippen LogP contribution in [0, 0.1) is 11.8 Å². The number of nitrogens with zero attached hydrogens (tertiary/aromatic N) is 2. The highest BCUT2D eigenvalue weighted by molar-refractivity contribution is 5.93. The lowest BCUT2D eigenvalue weighted by molar-refractivity contribution is -0.150. The first-order chi connectivity index (χ1) is 18.9. The normalized spacial score (nSPS) is 31.6. The van der Waals surface area contributed by atoms with Crippen LogP contribution in [0.25, 0.3) is 0 Å². The van der Waals surface area contributed by atoms with Crippen LogP contribution < -0.4 is 20.7 Å². The molecular formula is C30H43N5O4. The topological polar surface area (TPSA) is 103 Å². The molecule has 3 aliphatic heterocycles. The summed E-state index contributed by atoms with van der Waals surface area (Å²) in [7, 11) is 1.75. The molecule has 2 saturated heterocycles. The van der Waals surface area contributed by atoms with Crippen LogP contribution in [-0.2, 0) is 14.4 Å². The molecule has 39 heavy (non-hydrogen) atoms. The van der Waals surface area contributed by atoms with Gasteiger partial charge in [-0.2, -0.15) is 0 Å². The van der Waals surface area contributed by atoms with E-state index in [-0.39, 0.29) is 29.7 Å². The Balaban J connectivity index is 1.25. The van der Waals surface area contributed by atoms with E-state index in [0.717, 1.165) is 43.4 Å². The number of piperidine rings is 1. The first-order valence-electron chi connectivity index (χ1n) is 15.0. The van der Waals surface area contributed by atoms with Crippen LogP contribution in [0.2, 0.25) is 0 Å². The Kier molecular flexibility index (Phi) is 7.55. The number of likely N-dealkylation sites (N-methyl/N-ethyl adjacent to an activating group) is 1. The molecule has 1 aromatic carbocycles. The van der Waals surface area contributed by atoms with Gasteiger partial charge >= 0.3 is 0 Å². The zero-order valence-corrected chi connectivity index (χ0v) is 23.2. The van der Waals surface area contributed by atoms with Crippen LogP contribution in [0.15, 0.2) is 24.3 Å². The van der Waals surface area contributed by atoms with Gasteiger partial charge in [-0.1, -0.05) is 37.5 Å². The fourth-order valence-corrected chi connectivity index (χ4v) is 7.43. The fourth-order valence-electron chi connectivity index (χ4n) is 7.43. The predicted molar refractivity (Wildman–Crippen MR) is 147 cm³/mol. The number of carbonyl (C=O) groups excluding carboxylic acids is 3. The molecule has 212 valence electrons. The number of benzene rings is 1. The number of carbonyl (C=O) groups is 3. The standard InChI is InChI=1S/C30H43N5O4/c1-18(31-2)28(36)33-27(19-8-4-3-5-9-19)30(38)35-16-21-14-20-15-24(20)34(21)17-25(35)29(37)32-23-12-13-39-26-11-7-6-10-22(23)26/h6-7,10-11,18-21,23-25,27,31H,3-5,8-9,12-17H2,1-2H3,(H,32,37)(H,33,36)/t18-,20?,21+,23+,24?,25-,27-/m0/s1. The molecule has 5 aliphatic rings. The summed E-state index contributed by atoms with van der Waals surface area (Å²) in [6, 6.07) is 6.99. The summed E-state index contributed by atoms with van der Waals surface area (Å²) in [5.41, 5.74) is 0.987. The van der Waals surface area contributed by atoms with Crippen LogP contribution in [0.5, 0.6) is 5.75 Å². The number of piperazine rings is 1. The Morgan fingerprint density at radius 3 is 2.62 bits per heavy atom. The molecule has 1 aromatic rings. The highest BCUT2D eigenvalue weighted by Gasteiger charge is 2.56.